The first-order valence-corrected chi connectivity index (χ1v) is 11.4. The number of nitrogens with one attached hydrogen (secondary N) is 4. The van der Waals surface area contributed by atoms with Crippen molar-refractivity contribution in [1.29, 1.82) is 5.41 Å². The van der Waals surface area contributed by atoms with E-state index in [1.54, 1.807) is 0 Å². The first kappa shape index (κ1) is 21.5. The van der Waals surface area contributed by atoms with Gasteiger partial charge < -0.3 is 5.32 Å². The molecule has 1 amide bonds. The van der Waals surface area contributed by atoms with E-state index < -0.39 is 0 Å². The number of amides is 1. The average molecular weight is 437 g/mol. The van der Waals surface area contributed by atoms with Gasteiger partial charge in [-0.3, -0.25) is 20.5 Å². The predicted molar refractivity (Wildman–Crippen MR) is 127 cm³/mol. The van der Waals surface area contributed by atoms with Crippen LogP contribution < -0.4 is 21.1 Å². The molecule has 2 aromatic rings. The van der Waals surface area contributed by atoms with Crippen LogP contribution in [0.4, 0.5) is 5.69 Å². The molecule has 0 bridgehead atoms. The third-order valence-corrected chi connectivity index (χ3v) is 6.52. The molecule has 31 heavy (non-hydrogen) atoms. The summed E-state index contributed by atoms with van der Waals surface area (Å²) in [5.41, 5.74) is 10.7. The molecule has 1 saturated heterocycles. The molecule has 2 heterocycles. The lowest BCUT2D eigenvalue weighted by atomic mass is 9.97. The molecular formula is C23H28N6OS. The lowest BCUT2D eigenvalue weighted by Gasteiger charge is -2.36. The lowest BCUT2D eigenvalue weighted by molar-refractivity contribution is -0.118. The summed E-state index contributed by atoms with van der Waals surface area (Å²) in [6.45, 7) is 6.63. The zero-order valence-electron chi connectivity index (χ0n) is 18.0. The molecule has 2 aliphatic heterocycles. The highest BCUT2D eigenvalue weighted by atomic mass is 32.2. The van der Waals surface area contributed by atoms with E-state index in [9.17, 15) is 4.79 Å². The van der Waals surface area contributed by atoms with Crippen LogP contribution in [0.2, 0.25) is 0 Å². The van der Waals surface area contributed by atoms with Gasteiger partial charge in [0.1, 0.15) is 12.0 Å². The molecular weight excluding hydrogens is 408 g/mol. The summed E-state index contributed by atoms with van der Waals surface area (Å²) in [6.07, 6.45) is -0.206. The maximum Gasteiger partial charge on any atom is 0.230 e. The Balaban J connectivity index is 1.46. The molecule has 7 nitrogen and oxygen atoms in total. The lowest BCUT2D eigenvalue weighted by Crippen LogP contribution is -2.50. The summed E-state index contributed by atoms with van der Waals surface area (Å²) >= 11 is 1.36. The molecule has 8 heteroatoms. The van der Waals surface area contributed by atoms with Gasteiger partial charge in [0.25, 0.3) is 0 Å². The van der Waals surface area contributed by atoms with Crippen LogP contribution >= 0.6 is 11.8 Å². The second-order valence-corrected chi connectivity index (χ2v) is 9.01. The van der Waals surface area contributed by atoms with Gasteiger partial charge >= 0.3 is 0 Å². The van der Waals surface area contributed by atoms with Crippen LogP contribution in [-0.2, 0) is 11.3 Å². The SMILES string of the molecule is Cc1ccc(CNC(=O)CSC2=NC3NNC(C)C3C(=N)N2c2ccc(C)cc2)cc1. The van der Waals surface area contributed by atoms with E-state index in [1.807, 2.05) is 74.2 Å². The summed E-state index contributed by atoms with van der Waals surface area (Å²) in [7, 11) is 0. The average Bonchev–Trinajstić information content (AvgIpc) is 3.13. The summed E-state index contributed by atoms with van der Waals surface area (Å²) in [5.74, 6) is 0.592. The van der Waals surface area contributed by atoms with E-state index in [4.69, 9.17) is 10.4 Å². The number of benzene rings is 2. The predicted octanol–water partition coefficient (Wildman–Crippen LogP) is 2.94. The number of rotatable bonds is 5. The normalized spacial score (nSPS) is 22.8. The topological polar surface area (TPSA) is 92.6 Å². The van der Waals surface area contributed by atoms with Gasteiger partial charge in [0.05, 0.1) is 11.7 Å². The van der Waals surface area contributed by atoms with Crippen LogP contribution in [0.5, 0.6) is 0 Å². The van der Waals surface area contributed by atoms with Crippen molar-refractivity contribution in [2.75, 3.05) is 10.7 Å². The fourth-order valence-corrected chi connectivity index (χ4v) is 4.61. The molecule has 3 unspecified atom stereocenters. The molecule has 1 fully saturated rings. The van der Waals surface area contributed by atoms with Gasteiger partial charge in [-0.1, -0.05) is 59.3 Å². The molecule has 0 saturated carbocycles. The molecule has 0 aliphatic carbocycles. The number of aryl methyl sites for hydroxylation is 2. The van der Waals surface area contributed by atoms with Crippen molar-refractivity contribution in [3.63, 3.8) is 0 Å². The molecule has 2 aromatic carbocycles. The van der Waals surface area contributed by atoms with Gasteiger partial charge in [0, 0.05) is 18.3 Å². The number of fused-ring (bicyclic) bond motifs is 1. The second-order valence-electron chi connectivity index (χ2n) is 8.07. The maximum atomic E-state index is 12.5. The fraction of sp³-hybridized carbons (Fsp3) is 0.348. The van der Waals surface area contributed by atoms with Gasteiger partial charge in [0.15, 0.2) is 5.17 Å². The Bertz CT molecular complexity index is 988. The number of hydrogen-bond acceptors (Lipinski definition) is 6. The number of thioether (sulfide) groups is 1. The smallest absolute Gasteiger partial charge is 0.230 e. The van der Waals surface area contributed by atoms with Gasteiger partial charge in [-0.15, -0.1) is 0 Å². The number of amidine groups is 2. The molecule has 0 spiro atoms. The number of carbonyl (C=O) groups excluding carboxylic acids is 1. The third kappa shape index (κ3) is 4.81. The zero-order valence-corrected chi connectivity index (χ0v) is 18.8. The van der Waals surface area contributed by atoms with Crippen LogP contribution in [0, 0.1) is 25.2 Å². The molecule has 162 valence electrons. The number of hydrazine groups is 1. The summed E-state index contributed by atoms with van der Waals surface area (Å²) in [5, 5.41) is 12.5. The van der Waals surface area contributed by atoms with Crippen LogP contribution in [0.1, 0.15) is 23.6 Å². The molecule has 0 radical (unpaired) electrons. The first-order chi connectivity index (χ1) is 14.9. The monoisotopic (exact) mass is 436 g/mol. The van der Waals surface area contributed by atoms with E-state index in [-0.39, 0.29) is 29.8 Å². The Morgan fingerprint density at radius 1 is 1.10 bits per heavy atom. The number of nitrogens with zero attached hydrogens (tertiary/aromatic N) is 2. The summed E-state index contributed by atoms with van der Waals surface area (Å²) in [6, 6.07) is 16.3. The molecule has 2 aliphatic rings. The van der Waals surface area contributed by atoms with E-state index in [1.165, 1.54) is 17.3 Å². The zero-order chi connectivity index (χ0) is 22.0. The van der Waals surface area contributed by atoms with Crippen molar-refractivity contribution in [3.05, 3.63) is 65.2 Å². The van der Waals surface area contributed by atoms with Crippen molar-refractivity contribution in [2.24, 2.45) is 10.9 Å². The minimum absolute atomic E-state index is 0.0586. The van der Waals surface area contributed by atoms with Crippen molar-refractivity contribution in [2.45, 2.75) is 39.5 Å². The van der Waals surface area contributed by atoms with Crippen LogP contribution in [-0.4, -0.2) is 34.9 Å². The number of carbonyl (C=O) groups is 1. The van der Waals surface area contributed by atoms with Crippen molar-refractivity contribution < 1.29 is 4.79 Å². The van der Waals surface area contributed by atoms with Gasteiger partial charge in [-0.25, -0.2) is 10.4 Å². The van der Waals surface area contributed by atoms with E-state index in [0.717, 1.165) is 16.8 Å². The third-order valence-electron chi connectivity index (χ3n) is 5.57. The van der Waals surface area contributed by atoms with Gasteiger partial charge in [-0.05, 0) is 38.5 Å². The standard InChI is InChI=1S/C23H28N6OS/c1-14-4-8-17(9-5-14)12-25-19(30)13-31-23-26-22-20(16(3)27-28-22)21(24)29(23)18-10-6-15(2)7-11-18/h4-11,16,20,22,24,27-28H,12-13H2,1-3H3,(H,25,30). The Kier molecular flexibility index (Phi) is 6.41. The fourth-order valence-electron chi connectivity index (χ4n) is 3.73. The van der Waals surface area contributed by atoms with Crippen LogP contribution in [0.3, 0.4) is 0 Å². The van der Waals surface area contributed by atoms with Crippen molar-refractivity contribution in [1.82, 2.24) is 16.2 Å². The van der Waals surface area contributed by atoms with Gasteiger partial charge in [-0.2, -0.15) is 0 Å². The van der Waals surface area contributed by atoms with E-state index in [0.29, 0.717) is 17.5 Å². The molecule has 0 aromatic heterocycles. The largest absolute Gasteiger partial charge is 0.351 e. The van der Waals surface area contributed by atoms with Gasteiger partial charge in [0.2, 0.25) is 5.91 Å². The highest BCUT2D eigenvalue weighted by molar-refractivity contribution is 8.14. The highest BCUT2D eigenvalue weighted by Crippen LogP contribution is 2.31. The van der Waals surface area contributed by atoms with Crippen LogP contribution in [0.15, 0.2) is 53.5 Å². The van der Waals surface area contributed by atoms with Crippen LogP contribution in [0.25, 0.3) is 0 Å². The Labute approximate surface area is 187 Å². The number of hydrogen-bond donors (Lipinski definition) is 4. The van der Waals surface area contributed by atoms with E-state index >= 15 is 0 Å². The maximum absolute atomic E-state index is 12.5. The van der Waals surface area contributed by atoms with Crippen molar-refractivity contribution in [3.8, 4) is 0 Å². The minimum atomic E-state index is -0.206. The minimum Gasteiger partial charge on any atom is -0.351 e. The molecule has 4 N–H and O–H groups in total. The quantitative estimate of drug-likeness (QED) is 0.578. The molecule has 4 rings (SSSR count). The Morgan fingerprint density at radius 3 is 2.42 bits per heavy atom. The van der Waals surface area contributed by atoms with E-state index in [2.05, 4.69) is 16.2 Å². The highest BCUT2D eigenvalue weighted by Gasteiger charge is 2.43. The Hall–Kier alpha value is -2.68. The van der Waals surface area contributed by atoms with Crippen molar-refractivity contribution >= 4 is 34.4 Å². The number of aliphatic imine (C=N–C) groups is 1. The summed E-state index contributed by atoms with van der Waals surface area (Å²) < 4.78 is 0. The Morgan fingerprint density at radius 2 is 1.74 bits per heavy atom. The first-order valence-electron chi connectivity index (χ1n) is 10.4. The molecule has 3 atom stereocenters. The second kappa shape index (κ2) is 9.21. The number of anilines is 1. The summed E-state index contributed by atoms with van der Waals surface area (Å²) in [4.78, 5) is 19.2.